The molecule has 0 amide bonds. The maximum atomic E-state index is 12.9. The summed E-state index contributed by atoms with van der Waals surface area (Å²) in [6, 6.07) is 0. The number of hydrogen-bond donors (Lipinski definition) is 0. The Balaban J connectivity index is 3.88. The van der Waals surface area contributed by atoms with Crippen LogP contribution >= 0.6 is 0 Å². The summed E-state index contributed by atoms with van der Waals surface area (Å²) < 4.78 is 194. The van der Waals surface area contributed by atoms with Gasteiger partial charge in [-0.2, -0.15) is 0 Å². The standard InChI is InChI=1S/C6B3F15/c10-1(11)2(12,13)8(23)5(18,19)6(20,21)9(24)4(16,17)3(14,15)7(1)22. The lowest BCUT2D eigenvalue weighted by Crippen LogP contribution is -2.68. The molecule has 1 heterocycles. The van der Waals surface area contributed by atoms with Crippen LogP contribution in [0.2, 0.25) is 0 Å². The second kappa shape index (κ2) is 5.08. The highest BCUT2D eigenvalue weighted by Gasteiger charge is 2.93. The van der Waals surface area contributed by atoms with E-state index in [4.69, 9.17) is 0 Å². The molecule has 0 aromatic heterocycles. The molecule has 0 aromatic rings. The van der Waals surface area contributed by atoms with Gasteiger partial charge >= 0.3 is 55.9 Å². The molecule has 138 valence electrons. The predicted molar refractivity (Wildman–Crippen MR) is 50.3 cm³/mol. The van der Waals surface area contributed by atoms with Crippen molar-refractivity contribution in [1.29, 1.82) is 0 Å². The molecule has 0 unspecified atom stereocenters. The number of alkyl halides is 12. The van der Waals surface area contributed by atoms with Crippen molar-refractivity contribution >= 4 is 21.0 Å². The van der Waals surface area contributed by atoms with E-state index < -0.39 is 55.9 Å². The molecule has 0 aliphatic carbocycles. The SMILES string of the molecule is FB1C(F)(F)C(F)(F)B(F)C(F)(F)C(F)(F)B(F)C(F)(F)C1(F)F. The Labute approximate surface area is 123 Å². The maximum Gasteiger partial charge on any atom is 0.514 e. The molecule has 1 aliphatic heterocycles. The second-order valence-electron chi connectivity index (χ2n) is 4.83. The first-order valence-electron chi connectivity index (χ1n) is 5.40. The summed E-state index contributed by atoms with van der Waals surface area (Å²) in [5.74, 6) is -43.9. The molecule has 1 rings (SSSR count). The van der Waals surface area contributed by atoms with Gasteiger partial charge in [0.25, 0.3) is 0 Å². The van der Waals surface area contributed by atoms with Crippen LogP contribution < -0.4 is 0 Å². The van der Waals surface area contributed by atoms with Crippen molar-refractivity contribution in [2.24, 2.45) is 0 Å². The molecule has 0 nitrogen and oxygen atoms in total. The van der Waals surface area contributed by atoms with Crippen molar-refractivity contribution in [2.45, 2.75) is 34.9 Å². The fraction of sp³-hybridized carbons (Fsp3) is 1.00. The van der Waals surface area contributed by atoms with Gasteiger partial charge in [-0.25, -0.2) is 52.7 Å². The van der Waals surface area contributed by atoms with Crippen LogP contribution in [0.3, 0.4) is 0 Å². The smallest absolute Gasteiger partial charge is 0.320 e. The van der Waals surface area contributed by atoms with Crippen molar-refractivity contribution in [3.63, 3.8) is 0 Å². The van der Waals surface area contributed by atoms with Crippen molar-refractivity contribution < 1.29 is 65.6 Å². The van der Waals surface area contributed by atoms with Gasteiger partial charge in [-0.05, 0) is 0 Å². The van der Waals surface area contributed by atoms with Gasteiger partial charge in [-0.1, -0.05) is 0 Å². The van der Waals surface area contributed by atoms with Crippen LogP contribution in [0.5, 0.6) is 0 Å². The average Bonchev–Trinajstić information content (AvgIpc) is 2.42. The molecular weight excluding hydrogens is 389 g/mol. The lowest BCUT2D eigenvalue weighted by Gasteiger charge is -2.32. The molecule has 1 aliphatic rings. The summed E-state index contributed by atoms with van der Waals surface area (Å²) in [5, 5.41) is 0. The monoisotopic (exact) mass is 390 g/mol. The fourth-order valence-corrected chi connectivity index (χ4v) is 1.70. The second-order valence-corrected chi connectivity index (χ2v) is 4.83. The third kappa shape index (κ3) is 2.22. The molecule has 0 radical (unpaired) electrons. The Morgan fingerprint density at radius 3 is 0.458 bits per heavy atom. The van der Waals surface area contributed by atoms with E-state index in [1.54, 1.807) is 0 Å². The van der Waals surface area contributed by atoms with Crippen LogP contribution in [0.1, 0.15) is 0 Å². The van der Waals surface area contributed by atoms with Gasteiger partial charge < -0.3 is 12.9 Å². The molecule has 24 heavy (non-hydrogen) atoms. The fourth-order valence-electron chi connectivity index (χ4n) is 1.70. The summed E-state index contributed by atoms with van der Waals surface area (Å²) in [4.78, 5) is 0. The zero-order valence-electron chi connectivity index (χ0n) is 10.4. The van der Waals surface area contributed by atoms with E-state index in [1.165, 1.54) is 0 Å². The first-order valence-corrected chi connectivity index (χ1v) is 5.40. The third-order valence-corrected chi connectivity index (χ3v) is 3.24. The van der Waals surface area contributed by atoms with E-state index in [0.29, 0.717) is 0 Å². The topological polar surface area (TPSA) is 0 Å². The van der Waals surface area contributed by atoms with E-state index in [9.17, 15) is 65.6 Å². The van der Waals surface area contributed by atoms with E-state index in [2.05, 4.69) is 0 Å². The molecule has 0 spiro atoms. The zero-order valence-corrected chi connectivity index (χ0v) is 10.4. The van der Waals surface area contributed by atoms with Crippen LogP contribution in [0, 0.1) is 0 Å². The number of rotatable bonds is 0. The molecule has 1 saturated heterocycles. The molecule has 0 bridgehead atoms. The van der Waals surface area contributed by atoms with Crippen molar-refractivity contribution in [2.75, 3.05) is 0 Å². The molecule has 0 saturated carbocycles. The minimum Gasteiger partial charge on any atom is -0.320 e. The largest absolute Gasteiger partial charge is 0.514 e. The first-order chi connectivity index (χ1) is 10.2. The van der Waals surface area contributed by atoms with Crippen molar-refractivity contribution in [3.05, 3.63) is 0 Å². The Bertz CT molecular complexity index is 388. The molecule has 0 atom stereocenters. The van der Waals surface area contributed by atoms with Gasteiger partial charge in [-0.3, -0.25) is 0 Å². The highest BCUT2D eigenvalue weighted by molar-refractivity contribution is 6.71. The van der Waals surface area contributed by atoms with E-state index in [-0.39, 0.29) is 0 Å². The molecular formula is C6B3F15. The van der Waals surface area contributed by atoms with Gasteiger partial charge in [-0.15, -0.1) is 0 Å². The van der Waals surface area contributed by atoms with Crippen LogP contribution in [-0.4, -0.2) is 55.9 Å². The van der Waals surface area contributed by atoms with E-state index in [1.807, 2.05) is 0 Å². The number of hydrogen-bond acceptors (Lipinski definition) is 0. The van der Waals surface area contributed by atoms with Gasteiger partial charge in [0.2, 0.25) is 0 Å². The lowest BCUT2D eigenvalue weighted by atomic mass is 9.45. The molecule has 0 N–H and O–H groups in total. The van der Waals surface area contributed by atoms with E-state index >= 15 is 0 Å². The normalized spacial score (nSPS) is 30.4. The van der Waals surface area contributed by atoms with Crippen molar-refractivity contribution in [3.8, 4) is 0 Å². The Hall–Kier alpha value is -0.855. The first kappa shape index (κ1) is 21.2. The van der Waals surface area contributed by atoms with Gasteiger partial charge in [0.1, 0.15) is 0 Å². The highest BCUT2D eigenvalue weighted by Crippen LogP contribution is 2.57. The summed E-state index contributed by atoms with van der Waals surface area (Å²) in [5.41, 5.74) is 0. The highest BCUT2D eigenvalue weighted by atomic mass is 19.4. The lowest BCUT2D eigenvalue weighted by molar-refractivity contribution is -0.155. The van der Waals surface area contributed by atoms with Crippen LogP contribution in [0.4, 0.5) is 65.6 Å². The third-order valence-electron chi connectivity index (χ3n) is 3.24. The Morgan fingerprint density at radius 1 is 0.292 bits per heavy atom. The predicted octanol–water partition coefficient (Wildman–Crippen LogP) is 3.93. The van der Waals surface area contributed by atoms with Gasteiger partial charge in [0, 0.05) is 0 Å². The van der Waals surface area contributed by atoms with Gasteiger partial charge in [0.05, 0.1) is 0 Å². The van der Waals surface area contributed by atoms with Gasteiger partial charge in [0.15, 0.2) is 0 Å². The van der Waals surface area contributed by atoms with Crippen molar-refractivity contribution in [1.82, 2.24) is 0 Å². The summed E-state index contributed by atoms with van der Waals surface area (Å²) in [7, 11) is 0. The molecule has 18 heteroatoms. The number of halogens is 15. The Kier molecular flexibility index (Phi) is 4.49. The molecule has 0 aromatic carbocycles. The van der Waals surface area contributed by atoms with Crippen LogP contribution in [-0.2, 0) is 0 Å². The summed E-state index contributed by atoms with van der Waals surface area (Å²) >= 11 is 0. The zero-order chi connectivity index (χ0) is 19.7. The van der Waals surface area contributed by atoms with Crippen LogP contribution in [0.25, 0.3) is 0 Å². The summed E-state index contributed by atoms with van der Waals surface area (Å²) in [6.45, 7) is -18.5. The quantitative estimate of drug-likeness (QED) is 0.435. The average molecular weight is 389 g/mol. The summed E-state index contributed by atoms with van der Waals surface area (Å²) in [6.07, 6.45) is 0. The minimum atomic E-state index is -7.32. The van der Waals surface area contributed by atoms with Crippen LogP contribution in [0.15, 0.2) is 0 Å². The van der Waals surface area contributed by atoms with E-state index in [0.717, 1.165) is 0 Å². The molecule has 1 fully saturated rings. The minimum absolute atomic E-state index is 6.17. The Morgan fingerprint density at radius 2 is 0.375 bits per heavy atom. The maximum absolute atomic E-state index is 12.9.